The molecule has 150 valence electrons. The minimum absolute atomic E-state index is 0.140. The Morgan fingerprint density at radius 2 is 1.97 bits per heavy atom. The van der Waals surface area contributed by atoms with E-state index in [-0.39, 0.29) is 17.3 Å². The first kappa shape index (κ1) is 18.4. The van der Waals surface area contributed by atoms with E-state index in [9.17, 15) is 9.59 Å². The van der Waals surface area contributed by atoms with Crippen LogP contribution in [0.25, 0.3) is 33.1 Å². The molecule has 3 N–H and O–H groups in total. The van der Waals surface area contributed by atoms with E-state index < -0.39 is 0 Å². The first-order chi connectivity index (χ1) is 14.6. The molecular weight excluding hydrogens is 402 g/mol. The fourth-order valence-corrected chi connectivity index (χ4v) is 4.09. The number of thioether (sulfide) groups is 1. The predicted molar refractivity (Wildman–Crippen MR) is 117 cm³/mol. The quantitative estimate of drug-likeness (QED) is 0.377. The summed E-state index contributed by atoms with van der Waals surface area (Å²) in [5, 5.41) is 12.8. The van der Waals surface area contributed by atoms with Gasteiger partial charge >= 0.3 is 5.69 Å². The summed E-state index contributed by atoms with van der Waals surface area (Å²) in [6.45, 7) is 2.82. The number of anilines is 1. The van der Waals surface area contributed by atoms with Crippen LogP contribution < -0.4 is 11.0 Å². The summed E-state index contributed by atoms with van der Waals surface area (Å²) in [7, 11) is 0. The summed E-state index contributed by atoms with van der Waals surface area (Å²) >= 11 is 1.23. The molecule has 10 heteroatoms. The van der Waals surface area contributed by atoms with Crippen LogP contribution in [0.5, 0.6) is 0 Å². The van der Waals surface area contributed by atoms with Crippen molar-refractivity contribution in [2.75, 3.05) is 11.1 Å². The van der Waals surface area contributed by atoms with Crippen LogP contribution in [0.15, 0.2) is 52.4 Å². The molecule has 0 unspecified atom stereocenters. The molecule has 0 bridgehead atoms. The van der Waals surface area contributed by atoms with Crippen LogP contribution in [0.4, 0.5) is 5.69 Å². The molecule has 3 heterocycles. The molecule has 30 heavy (non-hydrogen) atoms. The van der Waals surface area contributed by atoms with E-state index in [1.54, 1.807) is 18.2 Å². The number of nitrogens with zero attached hydrogens (tertiary/aromatic N) is 4. The predicted octanol–water partition coefficient (Wildman–Crippen LogP) is 2.90. The van der Waals surface area contributed by atoms with Crippen LogP contribution in [-0.2, 0) is 11.3 Å². The van der Waals surface area contributed by atoms with E-state index in [4.69, 9.17) is 0 Å². The lowest BCUT2D eigenvalue weighted by Gasteiger charge is -2.05. The van der Waals surface area contributed by atoms with Crippen molar-refractivity contribution in [2.45, 2.75) is 18.6 Å². The van der Waals surface area contributed by atoms with Crippen molar-refractivity contribution in [2.24, 2.45) is 0 Å². The topological polar surface area (TPSA) is 121 Å². The summed E-state index contributed by atoms with van der Waals surface area (Å²) in [6.07, 6.45) is 0. The number of aromatic amines is 2. The third-order valence-electron chi connectivity index (χ3n) is 4.80. The zero-order chi connectivity index (χ0) is 20.7. The molecule has 0 spiro atoms. The molecule has 0 radical (unpaired) electrons. The molecule has 0 atom stereocenters. The Labute approximate surface area is 173 Å². The Morgan fingerprint density at radius 3 is 2.83 bits per heavy atom. The smallest absolute Gasteiger partial charge is 0.323 e. The summed E-state index contributed by atoms with van der Waals surface area (Å²) in [4.78, 5) is 33.7. The molecule has 3 aromatic heterocycles. The average molecular weight is 419 g/mol. The van der Waals surface area contributed by atoms with Crippen molar-refractivity contribution in [1.82, 2.24) is 29.7 Å². The van der Waals surface area contributed by atoms with Crippen LogP contribution in [0, 0.1) is 0 Å². The number of fused-ring (bicyclic) bond motifs is 4. The van der Waals surface area contributed by atoms with Gasteiger partial charge in [-0.1, -0.05) is 30.0 Å². The number of carbonyl (C=O) groups is 1. The van der Waals surface area contributed by atoms with E-state index in [1.807, 2.05) is 24.3 Å². The second-order valence-electron chi connectivity index (χ2n) is 6.70. The lowest BCUT2D eigenvalue weighted by atomic mass is 10.2. The molecule has 5 aromatic rings. The molecule has 1 amide bonds. The van der Waals surface area contributed by atoms with Crippen LogP contribution in [0.1, 0.15) is 6.92 Å². The van der Waals surface area contributed by atoms with Gasteiger partial charge in [0.05, 0.1) is 22.3 Å². The van der Waals surface area contributed by atoms with Crippen molar-refractivity contribution < 1.29 is 4.79 Å². The highest BCUT2D eigenvalue weighted by atomic mass is 32.2. The number of imidazole rings is 1. The maximum Gasteiger partial charge on any atom is 0.323 e. The zero-order valence-corrected chi connectivity index (χ0v) is 16.8. The highest BCUT2D eigenvalue weighted by Gasteiger charge is 2.14. The van der Waals surface area contributed by atoms with E-state index in [0.29, 0.717) is 21.9 Å². The Bertz CT molecular complexity index is 1470. The molecule has 0 aliphatic carbocycles. The third-order valence-corrected chi connectivity index (χ3v) is 5.64. The number of H-pyrrole nitrogens is 2. The molecule has 0 saturated carbocycles. The number of hydrogen-bond donors (Lipinski definition) is 3. The van der Waals surface area contributed by atoms with Gasteiger partial charge in [0, 0.05) is 17.6 Å². The van der Waals surface area contributed by atoms with Gasteiger partial charge in [0.2, 0.25) is 11.1 Å². The Balaban J connectivity index is 1.34. The number of nitrogens with one attached hydrogen (secondary N) is 3. The largest absolute Gasteiger partial charge is 0.325 e. The van der Waals surface area contributed by atoms with Gasteiger partial charge in [-0.2, -0.15) is 0 Å². The van der Waals surface area contributed by atoms with Gasteiger partial charge in [-0.05, 0) is 31.2 Å². The van der Waals surface area contributed by atoms with Crippen molar-refractivity contribution in [3.05, 3.63) is 52.9 Å². The van der Waals surface area contributed by atoms with Crippen LogP contribution in [0.3, 0.4) is 0 Å². The number of para-hydroxylation sites is 1. The second-order valence-corrected chi connectivity index (χ2v) is 7.65. The monoisotopic (exact) mass is 419 g/mol. The van der Waals surface area contributed by atoms with Crippen LogP contribution in [0.2, 0.25) is 0 Å². The highest BCUT2D eigenvalue weighted by Crippen LogP contribution is 2.27. The molecule has 2 aromatic carbocycles. The van der Waals surface area contributed by atoms with Gasteiger partial charge in [0.15, 0.2) is 5.65 Å². The van der Waals surface area contributed by atoms with E-state index in [1.165, 1.54) is 11.8 Å². The normalized spacial score (nSPS) is 11.5. The van der Waals surface area contributed by atoms with Crippen molar-refractivity contribution >= 4 is 56.5 Å². The molecular formula is C20H17N7O2S. The van der Waals surface area contributed by atoms with Crippen LogP contribution >= 0.6 is 11.8 Å². The van der Waals surface area contributed by atoms with Crippen molar-refractivity contribution in [3.63, 3.8) is 0 Å². The Morgan fingerprint density at radius 1 is 1.13 bits per heavy atom. The van der Waals surface area contributed by atoms with E-state index in [2.05, 4.69) is 42.0 Å². The van der Waals surface area contributed by atoms with E-state index in [0.717, 1.165) is 28.6 Å². The summed E-state index contributed by atoms with van der Waals surface area (Å²) in [5.74, 6) is -0.0571. The molecule has 5 rings (SSSR count). The number of amides is 1. The Hall–Kier alpha value is -3.66. The fraction of sp³-hybridized carbons (Fsp3) is 0.150. The molecule has 0 aliphatic heterocycles. The summed E-state index contributed by atoms with van der Waals surface area (Å²) in [6, 6.07) is 13.2. The molecule has 0 saturated heterocycles. The summed E-state index contributed by atoms with van der Waals surface area (Å²) in [5.41, 5.74) is 4.23. The number of carbonyl (C=O) groups excluding carboxylic acids is 1. The van der Waals surface area contributed by atoms with E-state index >= 15 is 0 Å². The first-order valence-electron chi connectivity index (χ1n) is 9.38. The minimum Gasteiger partial charge on any atom is -0.325 e. The standard InChI is InChI=1S/C20H17N7O2S/c1-2-27-15-6-4-3-5-12(15)17-18(27)24-20(26-25-17)30-10-16(28)21-11-7-8-13-14(9-11)23-19(29)22-13/h3-9H,2,10H2,1H3,(H,21,28)(H2,22,23,29). The van der Waals surface area contributed by atoms with Gasteiger partial charge in [-0.25, -0.2) is 9.78 Å². The number of hydrogen-bond acceptors (Lipinski definition) is 6. The maximum absolute atomic E-state index is 12.4. The third kappa shape index (κ3) is 3.20. The highest BCUT2D eigenvalue weighted by molar-refractivity contribution is 7.99. The molecule has 0 aliphatic rings. The van der Waals surface area contributed by atoms with Crippen molar-refractivity contribution in [3.8, 4) is 0 Å². The number of aryl methyl sites for hydroxylation is 1. The minimum atomic E-state index is -0.284. The lowest BCUT2D eigenvalue weighted by Crippen LogP contribution is -2.14. The van der Waals surface area contributed by atoms with Gasteiger partial charge in [0.1, 0.15) is 5.52 Å². The van der Waals surface area contributed by atoms with Crippen LogP contribution in [-0.4, -0.2) is 41.4 Å². The molecule has 0 fully saturated rings. The SMILES string of the molecule is CCn1c2ccccc2c2nnc(SCC(=O)Nc3ccc4[nH]c(=O)[nH]c4c3)nc21. The maximum atomic E-state index is 12.4. The zero-order valence-electron chi connectivity index (χ0n) is 16.0. The summed E-state index contributed by atoms with van der Waals surface area (Å²) < 4.78 is 2.09. The van der Waals surface area contributed by atoms with Gasteiger partial charge in [0.25, 0.3) is 0 Å². The average Bonchev–Trinajstić information content (AvgIpc) is 3.28. The second kappa shape index (κ2) is 7.30. The fourth-order valence-electron chi connectivity index (χ4n) is 3.51. The lowest BCUT2D eigenvalue weighted by molar-refractivity contribution is -0.113. The van der Waals surface area contributed by atoms with Gasteiger partial charge in [-0.15, -0.1) is 10.2 Å². The van der Waals surface area contributed by atoms with Gasteiger partial charge in [-0.3, -0.25) is 4.79 Å². The van der Waals surface area contributed by atoms with Crippen molar-refractivity contribution in [1.29, 1.82) is 0 Å². The first-order valence-corrected chi connectivity index (χ1v) is 10.4. The van der Waals surface area contributed by atoms with Gasteiger partial charge < -0.3 is 19.9 Å². The molecule has 9 nitrogen and oxygen atoms in total. The number of rotatable bonds is 5. The number of benzene rings is 2. The Kier molecular flexibility index (Phi) is 4.47. The number of aromatic nitrogens is 6.